The van der Waals surface area contributed by atoms with Crippen LogP contribution in [-0.4, -0.2) is 10.9 Å². The molecule has 3 N–H and O–H groups in total. The second-order valence-corrected chi connectivity index (χ2v) is 3.55. The lowest BCUT2D eigenvalue weighted by molar-refractivity contribution is 0.0952. The summed E-state index contributed by atoms with van der Waals surface area (Å²) in [4.78, 5) is 15.8. The van der Waals surface area contributed by atoms with Crippen molar-refractivity contribution >= 4 is 5.91 Å². The van der Waals surface area contributed by atoms with E-state index in [4.69, 9.17) is 5.84 Å². The van der Waals surface area contributed by atoms with Gasteiger partial charge in [0.1, 0.15) is 0 Å². The maximum Gasteiger partial charge on any atom is 0.267 e. The van der Waals surface area contributed by atoms with E-state index in [1.165, 1.54) is 5.56 Å². The van der Waals surface area contributed by atoms with E-state index in [1.54, 1.807) is 0 Å². The van der Waals surface area contributed by atoms with E-state index >= 15 is 0 Å². The Morgan fingerprint density at radius 3 is 3.07 bits per heavy atom. The molecule has 0 fully saturated rings. The number of nitrogens with zero attached hydrogens (tertiary/aromatic N) is 1. The zero-order valence-electron chi connectivity index (χ0n) is 8.13. The fraction of sp³-hybridized carbons (Fsp3) is 0.400. The number of aryl methyl sites for hydroxylation is 3. The minimum atomic E-state index is -0.260. The smallest absolute Gasteiger partial charge is 0.267 e. The van der Waals surface area contributed by atoms with Crippen LogP contribution in [0, 0.1) is 6.92 Å². The molecule has 0 aromatic carbocycles. The second-order valence-electron chi connectivity index (χ2n) is 3.55. The number of amides is 1. The largest absolute Gasteiger partial charge is 0.290 e. The summed E-state index contributed by atoms with van der Waals surface area (Å²) in [6, 6.07) is 1.91. The normalized spacial score (nSPS) is 13.9. The SMILES string of the molecule is Cc1nc2c(cc1C(=O)NN)CCC2. The molecule has 1 amide bonds. The highest BCUT2D eigenvalue weighted by Crippen LogP contribution is 2.22. The number of fused-ring (bicyclic) bond motifs is 1. The molecule has 1 aliphatic carbocycles. The number of hydrogen-bond donors (Lipinski definition) is 2. The average molecular weight is 191 g/mol. The summed E-state index contributed by atoms with van der Waals surface area (Å²) in [6.45, 7) is 1.84. The highest BCUT2D eigenvalue weighted by molar-refractivity contribution is 5.95. The van der Waals surface area contributed by atoms with Crippen molar-refractivity contribution in [1.82, 2.24) is 10.4 Å². The molecule has 0 radical (unpaired) electrons. The van der Waals surface area contributed by atoms with Gasteiger partial charge in [-0.05, 0) is 37.8 Å². The minimum Gasteiger partial charge on any atom is -0.290 e. The number of carbonyl (C=O) groups excluding carboxylic acids is 1. The standard InChI is InChI=1S/C10H13N3O/c1-6-8(10(14)13-11)5-7-3-2-4-9(7)12-6/h5H,2-4,11H2,1H3,(H,13,14). The van der Waals surface area contributed by atoms with Crippen molar-refractivity contribution in [1.29, 1.82) is 0 Å². The number of hydrazine groups is 1. The Kier molecular flexibility index (Phi) is 2.21. The first-order chi connectivity index (χ1) is 6.72. The first-order valence-electron chi connectivity index (χ1n) is 4.72. The second kappa shape index (κ2) is 3.38. The molecule has 0 saturated heterocycles. The summed E-state index contributed by atoms with van der Waals surface area (Å²) in [7, 11) is 0. The number of aromatic nitrogens is 1. The van der Waals surface area contributed by atoms with Crippen LogP contribution in [0.1, 0.15) is 33.7 Å². The van der Waals surface area contributed by atoms with Crippen molar-refractivity contribution in [2.75, 3.05) is 0 Å². The molecule has 0 unspecified atom stereocenters. The third-order valence-electron chi connectivity index (χ3n) is 2.62. The van der Waals surface area contributed by atoms with Crippen LogP contribution >= 0.6 is 0 Å². The summed E-state index contributed by atoms with van der Waals surface area (Å²) in [5.74, 6) is 4.83. The zero-order chi connectivity index (χ0) is 10.1. The number of nitrogens with two attached hydrogens (primary N) is 1. The van der Waals surface area contributed by atoms with Crippen LogP contribution in [0.5, 0.6) is 0 Å². The first-order valence-corrected chi connectivity index (χ1v) is 4.72. The molecule has 1 aliphatic rings. The Labute approximate surface area is 82.5 Å². The predicted octanol–water partition coefficient (Wildman–Crippen LogP) is 0.482. The van der Waals surface area contributed by atoms with Crippen LogP contribution in [0.4, 0.5) is 0 Å². The van der Waals surface area contributed by atoms with Gasteiger partial charge in [-0.3, -0.25) is 15.2 Å². The van der Waals surface area contributed by atoms with E-state index < -0.39 is 0 Å². The molecule has 0 atom stereocenters. The molecular weight excluding hydrogens is 178 g/mol. The lowest BCUT2D eigenvalue weighted by Gasteiger charge is -2.06. The van der Waals surface area contributed by atoms with Crippen LogP contribution in [0.25, 0.3) is 0 Å². The van der Waals surface area contributed by atoms with E-state index in [0.29, 0.717) is 5.56 Å². The summed E-state index contributed by atoms with van der Waals surface area (Å²) in [6.07, 6.45) is 3.18. The number of carbonyl (C=O) groups is 1. The van der Waals surface area contributed by atoms with Gasteiger partial charge in [-0.25, -0.2) is 5.84 Å². The molecule has 14 heavy (non-hydrogen) atoms. The number of pyridine rings is 1. The third-order valence-corrected chi connectivity index (χ3v) is 2.62. The fourth-order valence-corrected chi connectivity index (χ4v) is 1.88. The molecular formula is C10H13N3O. The molecule has 0 spiro atoms. The summed E-state index contributed by atoms with van der Waals surface area (Å²) < 4.78 is 0. The maximum atomic E-state index is 11.4. The molecule has 1 heterocycles. The molecule has 0 aliphatic heterocycles. The third kappa shape index (κ3) is 1.37. The van der Waals surface area contributed by atoms with Crippen molar-refractivity contribution in [3.05, 3.63) is 28.6 Å². The Balaban J connectivity index is 2.47. The van der Waals surface area contributed by atoms with Gasteiger partial charge in [0.25, 0.3) is 5.91 Å². The minimum absolute atomic E-state index is 0.260. The average Bonchev–Trinajstić information content (AvgIpc) is 2.62. The molecule has 1 aromatic rings. The van der Waals surface area contributed by atoms with Crippen molar-refractivity contribution in [2.45, 2.75) is 26.2 Å². The van der Waals surface area contributed by atoms with Crippen LogP contribution in [-0.2, 0) is 12.8 Å². The first kappa shape index (κ1) is 9.15. The van der Waals surface area contributed by atoms with Gasteiger partial charge in [-0.1, -0.05) is 0 Å². The van der Waals surface area contributed by atoms with Crippen molar-refractivity contribution in [3.63, 3.8) is 0 Å². The van der Waals surface area contributed by atoms with E-state index in [-0.39, 0.29) is 5.91 Å². The van der Waals surface area contributed by atoms with Crippen molar-refractivity contribution < 1.29 is 4.79 Å². The Morgan fingerprint density at radius 2 is 2.36 bits per heavy atom. The van der Waals surface area contributed by atoms with Crippen molar-refractivity contribution in [2.24, 2.45) is 5.84 Å². The monoisotopic (exact) mass is 191 g/mol. The van der Waals surface area contributed by atoms with Gasteiger partial charge < -0.3 is 0 Å². The van der Waals surface area contributed by atoms with E-state index in [0.717, 1.165) is 30.7 Å². The predicted molar refractivity (Wildman–Crippen MR) is 52.7 cm³/mol. The molecule has 2 rings (SSSR count). The number of rotatable bonds is 1. The summed E-state index contributed by atoms with van der Waals surface area (Å²) >= 11 is 0. The zero-order valence-corrected chi connectivity index (χ0v) is 8.13. The molecule has 74 valence electrons. The maximum absolute atomic E-state index is 11.4. The van der Waals surface area contributed by atoms with Gasteiger partial charge in [0, 0.05) is 5.69 Å². The number of nitrogens with one attached hydrogen (secondary N) is 1. The summed E-state index contributed by atoms with van der Waals surface area (Å²) in [5.41, 5.74) is 5.81. The number of hydrogen-bond acceptors (Lipinski definition) is 3. The van der Waals surface area contributed by atoms with Gasteiger partial charge in [0.05, 0.1) is 11.3 Å². The molecule has 4 heteroatoms. The number of nitrogen functional groups attached to an aromatic ring is 1. The lowest BCUT2D eigenvalue weighted by atomic mass is 10.1. The van der Waals surface area contributed by atoms with Crippen LogP contribution < -0.4 is 11.3 Å². The van der Waals surface area contributed by atoms with E-state index in [9.17, 15) is 4.79 Å². The Hall–Kier alpha value is -1.42. The van der Waals surface area contributed by atoms with Gasteiger partial charge in [0.2, 0.25) is 0 Å². The molecule has 0 saturated carbocycles. The van der Waals surface area contributed by atoms with Crippen LogP contribution in [0.15, 0.2) is 6.07 Å². The molecule has 4 nitrogen and oxygen atoms in total. The van der Waals surface area contributed by atoms with Crippen LogP contribution in [0.2, 0.25) is 0 Å². The van der Waals surface area contributed by atoms with E-state index in [2.05, 4.69) is 10.4 Å². The highest BCUT2D eigenvalue weighted by Gasteiger charge is 2.17. The Morgan fingerprint density at radius 1 is 1.57 bits per heavy atom. The van der Waals surface area contributed by atoms with Crippen molar-refractivity contribution in [3.8, 4) is 0 Å². The topological polar surface area (TPSA) is 68.0 Å². The molecule has 1 aromatic heterocycles. The Bertz CT molecular complexity index is 387. The van der Waals surface area contributed by atoms with Crippen LogP contribution in [0.3, 0.4) is 0 Å². The fourth-order valence-electron chi connectivity index (χ4n) is 1.88. The lowest BCUT2D eigenvalue weighted by Crippen LogP contribution is -2.31. The molecule has 0 bridgehead atoms. The van der Waals surface area contributed by atoms with Gasteiger partial charge >= 0.3 is 0 Å². The van der Waals surface area contributed by atoms with Gasteiger partial charge in [-0.15, -0.1) is 0 Å². The van der Waals surface area contributed by atoms with Gasteiger partial charge in [0.15, 0.2) is 0 Å². The van der Waals surface area contributed by atoms with Gasteiger partial charge in [-0.2, -0.15) is 0 Å². The van der Waals surface area contributed by atoms with E-state index in [1.807, 2.05) is 13.0 Å². The quantitative estimate of drug-likeness (QED) is 0.385. The highest BCUT2D eigenvalue weighted by atomic mass is 16.2. The summed E-state index contributed by atoms with van der Waals surface area (Å²) in [5, 5.41) is 0.